The molecule has 0 fully saturated rings. The summed E-state index contributed by atoms with van der Waals surface area (Å²) >= 11 is 0. The number of furan rings is 1. The van der Waals surface area contributed by atoms with Gasteiger partial charge in [-0.25, -0.2) is 4.39 Å². The van der Waals surface area contributed by atoms with Crippen LogP contribution in [0.5, 0.6) is 5.75 Å². The highest BCUT2D eigenvalue weighted by molar-refractivity contribution is 5.94. The Balaban J connectivity index is 1.49. The van der Waals surface area contributed by atoms with Gasteiger partial charge in [0.25, 0.3) is 5.91 Å². The van der Waals surface area contributed by atoms with Crippen molar-refractivity contribution in [2.75, 3.05) is 20.2 Å². The Morgan fingerprint density at radius 3 is 2.72 bits per heavy atom. The molecule has 2 aromatic carbocycles. The summed E-state index contributed by atoms with van der Waals surface area (Å²) in [6.45, 7) is 1.55. The van der Waals surface area contributed by atoms with E-state index in [1.165, 1.54) is 24.3 Å². The van der Waals surface area contributed by atoms with Crippen molar-refractivity contribution in [3.63, 3.8) is 0 Å². The van der Waals surface area contributed by atoms with Crippen LogP contribution in [0.2, 0.25) is 0 Å². The first-order chi connectivity index (χ1) is 12.2. The third-order valence-electron chi connectivity index (χ3n) is 3.86. The number of hydrogen-bond acceptors (Lipinski definition) is 4. The van der Waals surface area contributed by atoms with Gasteiger partial charge in [-0.2, -0.15) is 0 Å². The SMILES string of the molecule is COc1cccc2coc(CNCCNC(=O)c3ccc(F)cc3)c12. The number of nitrogens with one attached hydrogen (secondary N) is 2. The van der Waals surface area contributed by atoms with Gasteiger partial charge in [-0.3, -0.25) is 4.79 Å². The highest BCUT2D eigenvalue weighted by Gasteiger charge is 2.11. The number of ether oxygens (including phenoxy) is 1. The maximum Gasteiger partial charge on any atom is 0.251 e. The standard InChI is InChI=1S/C19H19FN2O3/c1-24-16-4-2-3-14-12-25-17(18(14)16)11-21-9-10-22-19(23)13-5-7-15(20)8-6-13/h2-8,12,21H,9-11H2,1H3,(H,22,23). The maximum absolute atomic E-state index is 12.8. The number of rotatable bonds is 7. The van der Waals surface area contributed by atoms with Crippen LogP contribution in [0.3, 0.4) is 0 Å². The highest BCUT2D eigenvalue weighted by atomic mass is 19.1. The minimum Gasteiger partial charge on any atom is -0.496 e. The Kier molecular flexibility index (Phi) is 5.30. The van der Waals surface area contributed by atoms with Gasteiger partial charge in [0.15, 0.2) is 0 Å². The van der Waals surface area contributed by atoms with Crippen LogP contribution in [0, 0.1) is 5.82 Å². The first kappa shape index (κ1) is 17.0. The lowest BCUT2D eigenvalue weighted by Gasteiger charge is -2.07. The van der Waals surface area contributed by atoms with Crippen molar-refractivity contribution in [3.8, 4) is 5.75 Å². The molecule has 0 radical (unpaired) electrons. The molecular weight excluding hydrogens is 323 g/mol. The van der Waals surface area contributed by atoms with Gasteiger partial charge in [-0.15, -0.1) is 0 Å². The number of hydrogen-bond donors (Lipinski definition) is 2. The molecule has 1 heterocycles. The van der Waals surface area contributed by atoms with E-state index in [2.05, 4.69) is 10.6 Å². The van der Waals surface area contributed by atoms with Crippen LogP contribution in [0.1, 0.15) is 16.1 Å². The summed E-state index contributed by atoms with van der Waals surface area (Å²) < 4.78 is 23.8. The molecule has 5 nitrogen and oxygen atoms in total. The number of methoxy groups -OCH3 is 1. The topological polar surface area (TPSA) is 63.5 Å². The van der Waals surface area contributed by atoms with Crippen molar-refractivity contribution in [1.29, 1.82) is 0 Å². The summed E-state index contributed by atoms with van der Waals surface area (Å²) in [6.07, 6.45) is 1.70. The van der Waals surface area contributed by atoms with E-state index in [1.807, 2.05) is 18.2 Å². The van der Waals surface area contributed by atoms with Crippen LogP contribution in [0.4, 0.5) is 4.39 Å². The predicted octanol–water partition coefficient (Wildman–Crippen LogP) is 3.10. The lowest BCUT2D eigenvalue weighted by Crippen LogP contribution is -2.31. The molecule has 0 unspecified atom stereocenters. The zero-order valence-corrected chi connectivity index (χ0v) is 13.8. The molecular formula is C19H19FN2O3. The van der Waals surface area contributed by atoms with Crippen molar-refractivity contribution in [1.82, 2.24) is 10.6 Å². The summed E-state index contributed by atoms with van der Waals surface area (Å²) in [5.74, 6) is 0.969. The number of benzene rings is 2. The van der Waals surface area contributed by atoms with Crippen molar-refractivity contribution in [2.45, 2.75) is 6.54 Å². The molecule has 0 saturated carbocycles. The number of carbonyl (C=O) groups excluding carboxylic acids is 1. The smallest absolute Gasteiger partial charge is 0.251 e. The van der Waals surface area contributed by atoms with Crippen LogP contribution >= 0.6 is 0 Å². The average Bonchev–Trinajstić information content (AvgIpc) is 3.05. The van der Waals surface area contributed by atoms with E-state index in [0.717, 1.165) is 22.3 Å². The van der Waals surface area contributed by atoms with Gasteiger partial charge in [0, 0.05) is 24.0 Å². The van der Waals surface area contributed by atoms with Gasteiger partial charge in [0.2, 0.25) is 0 Å². The molecule has 2 N–H and O–H groups in total. The van der Waals surface area contributed by atoms with Crippen molar-refractivity contribution in [2.24, 2.45) is 0 Å². The minimum absolute atomic E-state index is 0.230. The molecule has 3 rings (SSSR count). The molecule has 25 heavy (non-hydrogen) atoms. The van der Waals surface area contributed by atoms with Crippen molar-refractivity contribution >= 4 is 16.7 Å². The van der Waals surface area contributed by atoms with Gasteiger partial charge in [-0.05, 0) is 30.3 Å². The van der Waals surface area contributed by atoms with Crippen LogP contribution in [0.25, 0.3) is 10.8 Å². The Bertz CT molecular complexity index is 859. The molecule has 0 saturated heterocycles. The van der Waals surface area contributed by atoms with Crippen LogP contribution in [-0.2, 0) is 6.54 Å². The Morgan fingerprint density at radius 1 is 1.16 bits per heavy atom. The zero-order chi connectivity index (χ0) is 17.6. The third-order valence-corrected chi connectivity index (χ3v) is 3.86. The molecule has 0 spiro atoms. The van der Waals surface area contributed by atoms with Crippen LogP contribution in [-0.4, -0.2) is 26.1 Å². The van der Waals surface area contributed by atoms with E-state index >= 15 is 0 Å². The number of fused-ring (bicyclic) bond motifs is 1. The van der Waals surface area contributed by atoms with E-state index in [1.54, 1.807) is 13.4 Å². The van der Waals surface area contributed by atoms with Crippen molar-refractivity contribution < 1.29 is 18.3 Å². The minimum atomic E-state index is -0.362. The van der Waals surface area contributed by atoms with E-state index < -0.39 is 0 Å². The number of amides is 1. The Labute approximate surface area is 144 Å². The summed E-state index contributed by atoms with van der Waals surface area (Å²) in [4.78, 5) is 11.9. The molecule has 130 valence electrons. The lowest BCUT2D eigenvalue weighted by molar-refractivity contribution is 0.0954. The summed E-state index contributed by atoms with van der Waals surface area (Å²) in [6, 6.07) is 11.2. The number of carbonyl (C=O) groups is 1. The maximum atomic E-state index is 12.8. The zero-order valence-electron chi connectivity index (χ0n) is 13.8. The molecule has 1 aromatic heterocycles. The molecule has 3 aromatic rings. The third kappa shape index (κ3) is 3.97. The first-order valence-corrected chi connectivity index (χ1v) is 7.96. The van der Waals surface area contributed by atoms with Crippen molar-refractivity contribution in [3.05, 3.63) is 65.9 Å². The summed E-state index contributed by atoms with van der Waals surface area (Å²) in [7, 11) is 1.63. The van der Waals surface area contributed by atoms with E-state index in [-0.39, 0.29) is 11.7 Å². The normalized spacial score (nSPS) is 10.8. The van der Waals surface area contributed by atoms with Crippen LogP contribution < -0.4 is 15.4 Å². The second-order valence-electron chi connectivity index (χ2n) is 5.52. The second-order valence-corrected chi connectivity index (χ2v) is 5.52. The molecule has 1 amide bonds. The summed E-state index contributed by atoms with van der Waals surface area (Å²) in [5.41, 5.74) is 0.433. The van der Waals surface area contributed by atoms with Gasteiger partial charge in [-0.1, -0.05) is 12.1 Å². The fraction of sp³-hybridized carbons (Fsp3) is 0.211. The quantitative estimate of drug-likeness (QED) is 0.648. The van der Waals surface area contributed by atoms with Gasteiger partial charge in [0.05, 0.1) is 25.3 Å². The van der Waals surface area contributed by atoms with E-state index in [9.17, 15) is 9.18 Å². The molecule has 0 aliphatic heterocycles. The fourth-order valence-corrected chi connectivity index (χ4v) is 2.61. The molecule has 0 aliphatic rings. The fourth-order valence-electron chi connectivity index (χ4n) is 2.61. The van der Waals surface area contributed by atoms with Crippen LogP contribution in [0.15, 0.2) is 53.1 Å². The molecule has 0 atom stereocenters. The molecule has 0 bridgehead atoms. The molecule has 6 heteroatoms. The van der Waals surface area contributed by atoms with Gasteiger partial charge >= 0.3 is 0 Å². The molecule has 0 aliphatic carbocycles. The average molecular weight is 342 g/mol. The monoisotopic (exact) mass is 342 g/mol. The Hall–Kier alpha value is -2.86. The first-order valence-electron chi connectivity index (χ1n) is 7.96. The predicted molar refractivity (Wildman–Crippen MR) is 93.2 cm³/mol. The van der Waals surface area contributed by atoms with E-state index in [0.29, 0.717) is 25.2 Å². The van der Waals surface area contributed by atoms with E-state index in [4.69, 9.17) is 9.15 Å². The lowest BCUT2D eigenvalue weighted by atomic mass is 10.1. The van der Waals surface area contributed by atoms with Gasteiger partial charge < -0.3 is 19.8 Å². The Morgan fingerprint density at radius 2 is 1.96 bits per heavy atom. The highest BCUT2D eigenvalue weighted by Crippen LogP contribution is 2.30. The second kappa shape index (κ2) is 7.81. The number of halogens is 1. The van der Waals surface area contributed by atoms with Gasteiger partial charge in [0.1, 0.15) is 17.3 Å². The summed E-state index contributed by atoms with van der Waals surface area (Å²) in [5, 5.41) is 7.94. The largest absolute Gasteiger partial charge is 0.496 e.